The molecule has 0 atom stereocenters. The second-order valence-corrected chi connectivity index (χ2v) is 5.87. The number of hydrogen-bond donors (Lipinski definition) is 0. The maximum absolute atomic E-state index is 12.2. The first-order valence-electron chi connectivity index (χ1n) is 8.20. The third kappa shape index (κ3) is 3.35. The van der Waals surface area contributed by atoms with Crippen LogP contribution in [0.2, 0.25) is 0 Å². The maximum Gasteiger partial charge on any atom is 0.374 e. The monoisotopic (exact) mass is 362 g/mol. The van der Waals surface area contributed by atoms with E-state index in [4.69, 9.17) is 13.7 Å². The van der Waals surface area contributed by atoms with Gasteiger partial charge in [0.2, 0.25) is 11.6 Å². The van der Waals surface area contributed by atoms with Crippen LogP contribution < -0.4 is 5.43 Å². The number of aromatic nitrogens is 2. The molecule has 4 rings (SSSR count). The van der Waals surface area contributed by atoms with Gasteiger partial charge in [0.1, 0.15) is 5.58 Å². The van der Waals surface area contributed by atoms with Gasteiger partial charge >= 0.3 is 5.97 Å². The lowest BCUT2D eigenvalue weighted by Crippen LogP contribution is -2.10. The van der Waals surface area contributed by atoms with E-state index in [-0.39, 0.29) is 23.7 Å². The summed E-state index contributed by atoms with van der Waals surface area (Å²) >= 11 is 0. The van der Waals surface area contributed by atoms with E-state index in [1.165, 1.54) is 0 Å². The molecule has 0 N–H and O–H groups in total. The van der Waals surface area contributed by atoms with Gasteiger partial charge in [0.05, 0.1) is 5.39 Å². The smallest absolute Gasteiger partial charge is 0.374 e. The Morgan fingerprint density at radius 3 is 2.74 bits per heavy atom. The molecule has 0 fully saturated rings. The van der Waals surface area contributed by atoms with Gasteiger partial charge in [-0.05, 0) is 24.6 Å². The topological polar surface area (TPSA) is 95.4 Å². The predicted octanol–water partition coefficient (Wildman–Crippen LogP) is 3.51. The lowest BCUT2D eigenvalue weighted by atomic mass is 10.1. The van der Waals surface area contributed by atoms with E-state index in [2.05, 4.69) is 10.1 Å². The van der Waals surface area contributed by atoms with E-state index in [0.29, 0.717) is 16.8 Å². The van der Waals surface area contributed by atoms with Crippen molar-refractivity contribution in [3.05, 3.63) is 82.0 Å². The molecule has 0 saturated carbocycles. The zero-order valence-electron chi connectivity index (χ0n) is 14.3. The Morgan fingerprint density at radius 2 is 1.89 bits per heavy atom. The first kappa shape index (κ1) is 16.7. The minimum absolute atomic E-state index is 0.143. The minimum Gasteiger partial charge on any atom is -0.450 e. The van der Waals surface area contributed by atoms with Gasteiger partial charge in [-0.25, -0.2) is 4.79 Å². The van der Waals surface area contributed by atoms with Crippen LogP contribution in [0.5, 0.6) is 0 Å². The highest BCUT2D eigenvalue weighted by Crippen LogP contribution is 2.20. The molecule has 2 heterocycles. The SMILES string of the molecule is Cc1ccccc1-c1noc(COC(=O)c2cc(=O)c3ccccc3o2)n1. The molecule has 0 unspecified atom stereocenters. The molecule has 4 aromatic rings. The zero-order valence-corrected chi connectivity index (χ0v) is 14.3. The van der Waals surface area contributed by atoms with Crippen LogP contribution in [-0.4, -0.2) is 16.1 Å². The summed E-state index contributed by atoms with van der Waals surface area (Å²) in [6.45, 7) is 1.71. The number of ether oxygens (including phenoxy) is 1. The average Bonchev–Trinajstić information content (AvgIpc) is 3.15. The van der Waals surface area contributed by atoms with Crippen molar-refractivity contribution in [2.45, 2.75) is 13.5 Å². The van der Waals surface area contributed by atoms with Crippen molar-refractivity contribution in [3.8, 4) is 11.4 Å². The molecule has 0 radical (unpaired) electrons. The molecule has 0 amide bonds. The molecule has 0 aliphatic rings. The molecular formula is C20H14N2O5. The molecule has 2 aromatic heterocycles. The van der Waals surface area contributed by atoms with Crippen LogP contribution in [0.4, 0.5) is 0 Å². The summed E-state index contributed by atoms with van der Waals surface area (Å²) in [5, 5.41) is 4.30. The van der Waals surface area contributed by atoms with Gasteiger partial charge in [-0.15, -0.1) is 0 Å². The summed E-state index contributed by atoms with van der Waals surface area (Å²) in [5.41, 5.74) is 1.83. The molecule has 27 heavy (non-hydrogen) atoms. The number of nitrogens with zero attached hydrogens (tertiary/aromatic N) is 2. The van der Waals surface area contributed by atoms with Gasteiger partial charge in [-0.2, -0.15) is 4.98 Å². The highest BCUT2D eigenvalue weighted by atomic mass is 16.6. The molecule has 0 spiro atoms. The van der Waals surface area contributed by atoms with Gasteiger partial charge in [-0.3, -0.25) is 4.79 Å². The second-order valence-electron chi connectivity index (χ2n) is 5.87. The van der Waals surface area contributed by atoms with Crippen molar-refractivity contribution in [2.24, 2.45) is 0 Å². The molecule has 134 valence electrons. The number of carbonyl (C=O) groups is 1. The highest BCUT2D eigenvalue weighted by Gasteiger charge is 2.16. The third-order valence-corrected chi connectivity index (χ3v) is 4.02. The van der Waals surface area contributed by atoms with Crippen LogP contribution >= 0.6 is 0 Å². The largest absolute Gasteiger partial charge is 0.450 e. The predicted molar refractivity (Wildman–Crippen MR) is 96.1 cm³/mol. The van der Waals surface area contributed by atoms with Gasteiger partial charge < -0.3 is 13.7 Å². The number of fused-ring (bicyclic) bond motifs is 1. The number of aryl methyl sites for hydroxylation is 1. The summed E-state index contributed by atoms with van der Waals surface area (Å²) in [7, 11) is 0. The summed E-state index contributed by atoms with van der Waals surface area (Å²) < 4.78 is 15.7. The average molecular weight is 362 g/mol. The number of benzene rings is 2. The van der Waals surface area contributed by atoms with Crippen molar-refractivity contribution in [3.63, 3.8) is 0 Å². The van der Waals surface area contributed by atoms with E-state index < -0.39 is 5.97 Å². The molecule has 7 nitrogen and oxygen atoms in total. The Labute approximate surface area is 153 Å². The van der Waals surface area contributed by atoms with Crippen LogP contribution in [-0.2, 0) is 11.3 Å². The van der Waals surface area contributed by atoms with Crippen LogP contribution in [0.3, 0.4) is 0 Å². The lowest BCUT2D eigenvalue weighted by molar-refractivity contribution is 0.0394. The van der Waals surface area contributed by atoms with Crippen molar-refractivity contribution in [2.75, 3.05) is 0 Å². The Kier molecular flexibility index (Phi) is 4.25. The quantitative estimate of drug-likeness (QED) is 0.513. The van der Waals surface area contributed by atoms with Gasteiger partial charge in [-0.1, -0.05) is 41.6 Å². The fourth-order valence-corrected chi connectivity index (χ4v) is 2.65. The van der Waals surface area contributed by atoms with E-state index >= 15 is 0 Å². The standard InChI is InChI=1S/C20H14N2O5/c1-12-6-2-3-7-13(12)19-21-18(27-22-19)11-25-20(24)17-10-15(23)14-8-4-5-9-16(14)26-17/h2-10H,11H2,1H3. The Hall–Kier alpha value is -3.74. The van der Waals surface area contributed by atoms with Crippen molar-refractivity contribution in [1.82, 2.24) is 10.1 Å². The first-order valence-corrected chi connectivity index (χ1v) is 8.20. The normalized spacial score (nSPS) is 10.9. The molecule has 0 aliphatic heterocycles. The van der Waals surface area contributed by atoms with Crippen LogP contribution in [0.1, 0.15) is 22.0 Å². The molecule has 7 heteroatoms. The van der Waals surface area contributed by atoms with Crippen LogP contribution in [0.25, 0.3) is 22.4 Å². The van der Waals surface area contributed by atoms with E-state index in [1.807, 2.05) is 31.2 Å². The number of rotatable bonds is 4. The van der Waals surface area contributed by atoms with Gasteiger partial charge in [0, 0.05) is 11.6 Å². The number of carbonyl (C=O) groups excluding carboxylic acids is 1. The molecule has 0 aliphatic carbocycles. The van der Waals surface area contributed by atoms with E-state index in [0.717, 1.165) is 17.2 Å². The van der Waals surface area contributed by atoms with E-state index in [9.17, 15) is 9.59 Å². The number of para-hydroxylation sites is 1. The lowest BCUT2D eigenvalue weighted by Gasteiger charge is -2.02. The highest BCUT2D eigenvalue weighted by molar-refractivity contribution is 5.88. The summed E-state index contributed by atoms with van der Waals surface area (Å²) in [6.07, 6.45) is 0. The molecule has 0 saturated heterocycles. The van der Waals surface area contributed by atoms with Crippen LogP contribution in [0.15, 0.2) is 68.3 Å². The minimum atomic E-state index is -0.784. The van der Waals surface area contributed by atoms with E-state index in [1.54, 1.807) is 24.3 Å². The van der Waals surface area contributed by atoms with Crippen molar-refractivity contribution in [1.29, 1.82) is 0 Å². The van der Waals surface area contributed by atoms with Crippen molar-refractivity contribution >= 4 is 16.9 Å². The Bertz CT molecular complexity index is 1190. The fourth-order valence-electron chi connectivity index (χ4n) is 2.65. The summed E-state index contributed by atoms with van der Waals surface area (Å²) in [5.74, 6) is -0.410. The Balaban J connectivity index is 1.50. The zero-order chi connectivity index (χ0) is 18.8. The van der Waals surface area contributed by atoms with Gasteiger partial charge in [0.15, 0.2) is 12.0 Å². The number of esters is 1. The third-order valence-electron chi connectivity index (χ3n) is 4.02. The molecule has 2 aromatic carbocycles. The van der Waals surface area contributed by atoms with Crippen molar-refractivity contribution < 1.29 is 18.5 Å². The molecule has 0 bridgehead atoms. The first-order chi connectivity index (χ1) is 13.1. The van der Waals surface area contributed by atoms with Crippen LogP contribution in [0, 0.1) is 6.92 Å². The van der Waals surface area contributed by atoms with Gasteiger partial charge in [0.25, 0.3) is 5.89 Å². The second kappa shape index (κ2) is 6.87. The fraction of sp³-hybridized carbons (Fsp3) is 0.100. The summed E-state index contributed by atoms with van der Waals surface area (Å²) in [4.78, 5) is 28.5. The Morgan fingerprint density at radius 1 is 1.11 bits per heavy atom. The summed E-state index contributed by atoms with van der Waals surface area (Å²) in [6, 6.07) is 15.4. The molecular weight excluding hydrogens is 348 g/mol. The number of hydrogen-bond acceptors (Lipinski definition) is 7. The maximum atomic E-state index is 12.2.